The minimum absolute atomic E-state index is 0.195. The topological polar surface area (TPSA) is 112 Å². The number of benzene rings is 1. The average molecular weight is 390 g/mol. The minimum atomic E-state index is -0.195. The van der Waals surface area contributed by atoms with E-state index in [1.807, 2.05) is 24.3 Å². The van der Waals surface area contributed by atoms with Crippen molar-refractivity contribution in [1.29, 1.82) is 0 Å². The minimum Gasteiger partial charge on any atom is -0.335 e. The van der Waals surface area contributed by atoms with Crippen molar-refractivity contribution in [3.05, 3.63) is 54.2 Å². The summed E-state index contributed by atoms with van der Waals surface area (Å²) in [7, 11) is 0. The van der Waals surface area contributed by atoms with Crippen LogP contribution in [0.4, 0.5) is 22.1 Å². The molecule has 1 fully saturated rings. The molecule has 8 nitrogen and oxygen atoms in total. The second kappa shape index (κ2) is 8.55. The zero-order valence-electron chi connectivity index (χ0n) is 15.8. The van der Waals surface area contributed by atoms with E-state index in [-0.39, 0.29) is 12.1 Å². The Bertz CT molecular complexity index is 978. The van der Waals surface area contributed by atoms with Crippen LogP contribution < -0.4 is 16.0 Å². The van der Waals surface area contributed by atoms with E-state index >= 15 is 0 Å². The molecule has 0 radical (unpaired) electrons. The molecule has 2 amide bonds. The van der Waals surface area contributed by atoms with Crippen LogP contribution in [0, 0.1) is 0 Å². The van der Waals surface area contributed by atoms with E-state index in [1.54, 1.807) is 24.4 Å². The number of H-pyrrole nitrogens is 1. The van der Waals surface area contributed by atoms with Crippen LogP contribution in [0.25, 0.3) is 11.3 Å². The van der Waals surface area contributed by atoms with Gasteiger partial charge in [-0.25, -0.2) is 9.78 Å². The third-order valence-corrected chi connectivity index (χ3v) is 4.95. The van der Waals surface area contributed by atoms with Crippen molar-refractivity contribution in [2.45, 2.75) is 31.7 Å². The maximum absolute atomic E-state index is 12.1. The fraction of sp³-hybridized carbons (Fsp3) is 0.238. The van der Waals surface area contributed by atoms with Gasteiger partial charge >= 0.3 is 6.03 Å². The van der Waals surface area contributed by atoms with Crippen LogP contribution in [0.5, 0.6) is 0 Å². The van der Waals surface area contributed by atoms with Crippen molar-refractivity contribution in [1.82, 2.24) is 20.5 Å². The molecule has 3 aromatic rings. The van der Waals surface area contributed by atoms with Gasteiger partial charge in [-0.15, -0.1) is 0 Å². The molecule has 2 aromatic heterocycles. The summed E-state index contributed by atoms with van der Waals surface area (Å²) in [6, 6.07) is 12.7. The second-order valence-electron chi connectivity index (χ2n) is 6.98. The van der Waals surface area contributed by atoms with Gasteiger partial charge in [0.1, 0.15) is 17.3 Å². The quantitative estimate of drug-likeness (QED) is 0.474. The first-order chi connectivity index (χ1) is 14.2. The summed E-state index contributed by atoms with van der Waals surface area (Å²) < 4.78 is 0. The van der Waals surface area contributed by atoms with Crippen LogP contribution in [-0.4, -0.2) is 33.5 Å². The Morgan fingerprint density at radius 2 is 1.90 bits per heavy atom. The lowest BCUT2D eigenvalue weighted by Gasteiger charge is -2.13. The summed E-state index contributed by atoms with van der Waals surface area (Å²) in [4.78, 5) is 28.0. The highest BCUT2D eigenvalue weighted by Crippen LogP contribution is 2.28. The number of carbonyl (C=O) groups excluding carboxylic acids is 2. The Morgan fingerprint density at radius 3 is 2.59 bits per heavy atom. The predicted molar refractivity (Wildman–Crippen MR) is 111 cm³/mol. The number of hydrogen-bond donors (Lipinski definition) is 4. The fourth-order valence-electron chi connectivity index (χ4n) is 3.48. The molecular weight excluding hydrogens is 368 g/mol. The van der Waals surface area contributed by atoms with Gasteiger partial charge in [-0.1, -0.05) is 31.0 Å². The number of aromatic amines is 1. The Kier molecular flexibility index (Phi) is 5.51. The SMILES string of the molecule is O=Cc1c(-c2ccc(NC(=O)NC3CCCC3)cc2)n[nH]c1Nc1ccccn1. The number of aromatic nitrogens is 3. The highest BCUT2D eigenvalue weighted by atomic mass is 16.2. The van der Waals surface area contributed by atoms with E-state index in [2.05, 4.69) is 31.1 Å². The fourth-order valence-corrected chi connectivity index (χ4v) is 3.48. The molecular formula is C21H22N6O2. The van der Waals surface area contributed by atoms with E-state index < -0.39 is 0 Å². The average Bonchev–Trinajstić information content (AvgIpc) is 3.39. The number of carbonyl (C=O) groups is 2. The van der Waals surface area contributed by atoms with Crippen LogP contribution in [-0.2, 0) is 0 Å². The Morgan fingerprint density at radius 1 is 1.10 bits per heavy atom. The summed E-state index contributed by atoms with van der Waals surface area (Å²) in [6.45, 7) is 0. The van der Waals surface area contributed by atoms with Crippen molar-refractivity contribution in [2.24, 2.45) is 0 Å². The third-order valence-electron chi connectivity index (χ3n) is 4.95. The van der Waals surface area contributed by atoms with Crippen molar-refractivity contribution < 1.29 is 9.59 Å². The maximum Gasteiger partial charge on any atom is 0.319 e. The predicted octanol–water partition coefficient (Wildman–Crippen LogP) is 4.09. The molecule has 4 rings (SSSR count). The largest absolute Gasteiger partial charge is 0.335 e. The Hall–Kier alpha value is -3.68. The number of aldehydes is 1. The second-order valence-corrected chi connectivity index (χ2v) is 6.98. The van der Waals surface area contributed by atoms with Crippen LogP contribution in [0.3, 0.4) is 0 Å². The molecule has 0 bridgehead atoms. The molecule has 1 aliphatic rings. The van der Waals surface area contributed by atoms with E-state index in [4.69, 9.17) is 0 Å². The molecule has 0 unspecified atom stereocenters. The molecule has 148 valence electrons. The van der Waals surface area contributed by atoms with Gasteiger partial charge in [0, 0.05) is 23.5 Å². The summed E-state index contributed by atoms with van der Waals surface area (Å²) in [5, 5.41) is 16.0. The summed E-state index contributed by atoms with van der Waals surface area (Å²) in [5.74, 6) is 1.09. The van der Waals surface area contributed by atoms with Gasteiger partial charge < -0.3 is 16.0 Å². The van der Waals surface area contributed by atoms with Gasteiger partial charge in [0.25, 0.3) is 0 Å². The van der Waals surface area contributed by atoms with Crippen LogP contribution in [0.1, 0.15) is 36.0 Å². The van der Waals surface area contributed by atoms with Crippen LogP contribution >= 0.6 is 0 Å². The zero-order chi connectivity index (χ0) is 20.1. The lowest BCUT2D eigenvalue weighted by atomic mass is 10.1. The smallest absolute Gasteiger partial charge is 0.319 e. The van der Waals surface area contributed by atoms with Gasteiger partial charge in [0.2, 0.25) is 0 Å². The lowest BCUT2D eigenvalue weighted by Crippen LogP contribution is -2.36. The summed E-state index contributed by atoms with van der Waals surface area (Å²) in [6.07, 6.45) is 6.82. The molecule has 29 heavy (non-hydrogen) atoms. The molecule has 1 saturated carbocycles. The molecule has 1 aromatic carbocycles. The van der Waals surface area contributed by atoms with Gasteiger partial charge in [-0.2, -0.15) is 5.10 Å². The molecule has 0 atom stereocenters. The van der Waals surface area contributed by atoms with Crippen molar-refractivity contribution >= 4 is 29.6 Å². The van der Waals surface area contributed by atoms with Crippen LogP contribution in [0.15, 0.2) is 48.7 Å². The number of urea groups is 1. The van der Waals surface area contributed by atoms with Gasteiger partial charge in [-0.05, 0) is 37.1 Å². The standard InChI is InChI=1S/C21H22N6O2/c28-13-17-19(26-27-20(17)25-18-7-3-4-12-22-18)14-8-10-16(11-9-14)24-21(29)23-15-5-1-2-6-15/h3-4,7-13,15H,1-2,5-6H2,(H2,23,24,29)(H2,22,25,26,27). The number of amides is 2. The number of hydrogen-bond acceptors (Lipinski definition) is 5. The van der Waals surface area contributed by atoms with Gasteiger partial charge in [-0.3, -0.25) is 9.89 Å². The molecule has 0 aliphatic heterocycles. The Labute approximate surface area is 168 Å². The summed E-state index contributed by atoms with van der Waals surface area (Å²) in [5.41, 5.74) is 2.38. The first kappa shape index (κ1) is 18.7. The first-order valence-electron chi connectivity index (χ1n) is 9.62. The number of nitrogens with one attached hydrogen (secondary N) is 4. The van der Waals surface area contributed by atoms with Crippen molar-refractivity contribution in [3.63, 3.8) is 0 Å². The molecule has 8 heteroatoms. The van der Waals surface area contributed by atoms with E-state index in [9.17, 15) is 9.59 Å². The van der Waals surface area contributed by atoms with E-state index in [1.165, 1.54) is 12.8 Å². The van der Waals surface area contributed by atoms with Crippen molar-refractivity contribution in [3.8, 4) is 11.3 Å². The van der Waals surface area contributed by atoms with Crippen molar-refractivity contribution in [2.75, 3.05) is 10.6 Å². The number of rotatable bonds is 6. The van der Waals surface area contributed by atoms with E-state index in [0.717, 1.165) is 24.7 Å². The molecule has 0 saturated heterocycles. The molecule has 2 heterocycles. The first-order valence-corrected chi connectivity index (χ1v) is 9.62. The molecule has 4 N–H and O–H groups in total. The van der Waals surface area contributed by atoms with Gasteiger partial charge in [0.15, 0.2) is 6.29 Å². The zero-order valence-corrected chi connectivity index (χ0v) is 15.8. The highest BCUT2D eigenvalue weighted by molar-refractivity contribution is 5.93. The van der Waals surface area contributed by atoms with Crippen LogP contribution in [0.2, 0.25) is 0 Å². The third kappa shape index (κ3) is 4.43. The monoisotopic (exact) mass is 390 g/mol. The Balaban J connectivity index is 1.46. The normalized spacial score (nSPS) is 13.8. The molecule has 1 aliphatic carbocycles. The number of anilines is 3. The highest BCUT2D eigenvalue weighted by Gasteiger charge is 2.18. The molecule has 0 spiro atoms. The lowest BCUT2D eigenvalue weighted by molar-refractivity contribution is 0.112. The van der Waals surface area contributed by atoms with E-state index in [0.29, 0.717) is 28.6 Å². The number of pyridine rings is 1. The number of nitrogens with zero attached hydrogens (tertiary/aromatic N) is 2. The van der Waals surface area contributed by atoms with Gasteiger partial charge in [0.05, 0.1) is 5.56 Å². The summed E-state index contributed by atoms with van der Waals surface area (Å²) >= 11 is 0. The maximum atomic E-state index is 12.1.